The molecule has 1 aliphatic carbocycles. The molecule has 0 bridgehead atoms. The van der Waals surface area contributed by atoms with Gasteiger partial charge in [0.1, 0.15) is 0 Å². The highest BCUT2D eigenvalue weighted by molar-refractivity contribution is 7.99. The number of hydrogen-bond donors (Lipinski definition) is 1. The molecule has 1 fully saturated rings. The third-order valence-corrected chi connectivity index (χ3v) is 5.00. The van der Waals surface area contributed by atoms with Crippen molar-refractivity contribution in [3.63, 3.8) is 0 Å². The van der Waals surface area contributed by atoms with Crippen molar-refractivity contribution in [3.05, 3.63) is 0 Å². The van der Waals surface area contributed by atoms with Crippen LogP contribution in [0.1, 0.15) is 53.4 Å². The van der Waals surface area contributed by atoms with Crippen LogP contribution in [-0.2, 0) is 0 Å². The molecule has 15 heavy (non-hydrogen) atoms. The Morgan fingerprint density at radius 1 is 1.33 bits per heavy atom. The average molecular weight is 229 g/mol. The fourth-order valence-corrected chi connectivity index (χ4v) is 4.23. The molecule has 0 spiro atoms. The van der Waals surface area contributed by atoms with Gasteiger partial charge in [-0.2, -0.15) is 11.8 Å². The zero-order chi connectivity index (χ0) is 11.3. The Bertz CT molecular complexity index is 179. The largest absolute Gasteiger partial charge is 0.313 e. The van der Waals surface area contributed by atoms with Gasteiger partial charge >= 0.3 is 0 Å². The lowest BCUT2D eigenvalue weighted by Crippen LogP contribution is -2.43. The van der Waals surface area contributed by atoms with E-state index in [0.717, 1.165) is 17.8 Å². The third-order valence-electron chi connectivity index (χ3n) is 3.54. The van der Waals surface area contributed by atoms with E-state index in [2.05, 4.69) is 44.8 Å². The first-order valence-corrected chi connectivity index (χ1v) is 7.51. The Hall–Kier alpha value is 0.310. The number of thioether (sulfide) groups is 1. The zero-order valence-corrected chi connectivity index (χ0v) is 11.6. The predicted octanol–water partition coefficient (Wildman–Crippen LogP) is 3.69. The number of hydrogen-bond acceptors (Lipinski definition) is 2. The molecule has 1 N–H and O–H groups in total. The second-order valence-corrected chi connectivity index (χ2v) is 6.67. The van der Waals surface area contributed by atoms with Gasteiger partial charge in [-0.15, -0.1) is 0 Å². The van der Waals surface area contributed by atoms with Gasteiger partial charge < -0.3 is 5.32 Å². The molecule has 2 heteroatoms. The van der Waals surface area contributed by atoms with Crippen LogP contribution >= 0.6 is 11.8 Å². The van der Waals surface area contributed by atoms with Gasteiger partial charge in [0, 0.05) is 11.3 Å². The molecule has 0 aromatic rings. The van der Waals surface area contributed by atoms with Crippen molar-refractivity contribution in [1.29, 1.82) is 0 Å². The fourth-order valence-electron chi connectivity index (χ4n) is 2.53. The van der Waals surface area contributed by atoms with Crippen molar-refractivity contribution in [1.82, 2.24) is 5.32 Å². The summed E-state index contributed by atoms with van der Waals surface area (Å²) in [6.07, 6.45) is 5.49. The van der Waals surface area contributed by atoms with Crippen LogP contribution < -0.4 is 5.32 Å². The van der Waals surface area contributed by atoms with Crippen LogP contribution in [0, 0.1) is 5.41 Å². The Kier molecular flexibility index (Phi) is 5.48. The number of nitrogens with one attached hydrogen (secondary N) is 1. The number of rotatable bonds is 6. The van der Waals surface area contributed by atoms with Crippen LogP contribution in [-0.4, -0.2) is 23.6 Å². The van der Waals surface area contributed by atoms with Crippen LogP contribution in [0.5, 0.6) is 0 Å². The van der Waals surface area contributed by atoms with Crippen molar-refractivity contribution >= 4 is 11.8 Å². The molecule has 0 aromatic carbocycles. The van der Waals surface area contributed by atoms with Crippen molar-refractivity contribution in [2.45, 2.75) is 64.7 Å². The monoisotopic (exact) mass is 229 g/mol. The maximum absolute atomic E-state index is 3.69. The summed E-state index contributed by atoms with van der Waals surface area (Å²) in [5.74, 6) is 1.35. The summed E-state index contributed by atoms with van der Waals surface area (Å²) in [6.45, 7) is 10.4. The summed E-state index contributed by atoms with van der Waals surface area (Å²) >= 11 is 2.20. The lowest BCUT2D eigenvalue weighted by Gasteiger charge is -2.31. The maximum atomic E-state index is 3.69. The van der Waals surface area contributed by atoms with Crippen LogP contribution in [0.25, 0.3) is 0 Å². The molecular formula is C13H27NS. The van der Waals surface area contributed by atoms with E-state index in [9.17, 15) is 0 Å². The second kappa shape index (κ2) is 6.15. The minimum atomic E-state index is 0.500. The van der Waals surface area contributed by atoms with E-state index in [1.807, 2.05) is 0 Å². The minimum Gasteiger partial charge on any atom is -0.313 e. The third kappa shape index (κ3) is 3.67. The molecule has 1 saturated carbocycles. The smallest absolute Gasteiger partial charge is 0.0237 e. The quantitative estimate of drug-likeness (QED) is 0.697. The predicted molar refractivity (Wildman–Crippen MR) is 71.6 cm³/mol. The molecule has 1 nitrogen and oxygen atoms in total. The lowest BCUT2D eigenvalue weighted by molar-refractivity contribution is 0.290. The summed E-state index contributed by atoms with van der Waals surface area (Å²) in [6, 6.07) is 0.726. The molecule has 2 atom stereocenters. The topological polar surface area (TPSA) is 12.0 Å². The highest BCUT2D eigenvalue weighted by Crippen LogP contribution is 2.43. The highest BCUT2D eigenvalue weighted by atomic mass is 32.2. The zero-order valence-electron chi connectivity index (χ0n) is 10.8. The Balaban J connectivity index is 2.42. The Labute approximate surface area is 99.8 Å². The van der Waals surface area contributed by atoms with Gasteiger partial charge in [0.15, 0.2) is 0 Å². The maximum Gasteiger partial charge on any atom is 0.0237 e. The Morgan fingerprint density at radius 2 is 2.07 bits per heavy atom. The van der Waals surface area contributed by atoms with Crippen LogP contribution in [0.4, 0.5) is 0 Å². The lowest BCUT2D eigenvalue weighted by atomic mass is 9.87. The van der Waals surface area contributed by atoms with E-state index in [-0.39, 0.29) is 0 Å². The molecule has 0 aliphatic heterocycles. The van der Waals surface area contributed by atoms with Crippen molar-refractivity contribution < 1.29 is 0 Å². The molecule has 0 heterocycles. The molecule has 0 radical (unpaired) electrons. The van der Waals surface area contributed by atoms with Gasteiger partial charge in [-0.25, -0.2) is 0 Å². The van der Waals surface area contributed by atoms with Gasteiger partial charge in [-0.05, 0) is 37.0 Å². The van der Waals surface area contributed by atoms with E-state index in [0.29, 0.717) is 5.41 Å². The van der Waals surface area contributed by atoms with E-state index in [4.69, 9.17) is 0 Å². The van der Waals surface area contributed by atoms with Crippen molar-refractivity contribution in [2.24, 2.45) is 5.41 Å². The Morgan fingerprint density at radius 3 is 2.67 bits per heavy atom. The van der Waals surface area contributed by atoms with E-state index in [1.165, 1.54) is 31.4 Å². The average Bonchev–Trinajstić information content (AvgIpc) is 2.46. The summed E-state index contributed by atoms with van der Waals surface area (Å²) in [5, 5.41) is 4.54. The molecular weight excluding hydrogens is 202 g/mol. The molecule has 0 saturated heterocycles. The summed E-state index contributed by atoms with van der Waals surface area (Å²) in [4.78, 5) is 0. The molecule has 0 amide bonds. The fraction of sp³-hybridized carbons (Fsp3) is 1.00. The first-order chi connectivity index (χ1) is 7.11. The SMILES string of the molecule is CCCCSC1CCC(C)(C)C1NCC. The van der Waals surface area contributed by atoms with Crippen LogP contribution in [0.2, 0.25) is 0 Å². The molecule has 2 unspecified atom stereocenters. The number of unbranched alkanes of at least 4 members (excludes halogenated alkanes) is 1. The van der Waals surface area contributed by atoms with Gasteiger partial charge in [0.25, 0.3) is 0 Å². The van der Waals surface area contributed by atoms with E-state index in [1.54, 1.807) is 0 Å². The van der Waals surface area contributed by atoms with Crippen LogP contribution in [0.15, 0.2) is 0 Å². The normalized spacial score (nSPS) is 29.6. The first kappa shape index (κ1) is 13.4. The van der Waals surface area contributed by atoms with Gasteiger partial charge in [0.2, 0.25) is 0 Å². The summed E-state index contributed by atoms with van der Waals surface area (Å²) in [7, 11) is 0. The second-order valence-electron chi connectivity index (χ2n) is 5.33. The molecule has 0 aromatic heterocycles. The van der Waals surface area contributed by atoms with Crippen molar-refractivity contribution in [3.8, 4) is 0 Å². The molecule has 90 valence electrons. The van der Waals surface area contributed by atoms with Gasteiger partial charge in [0.05, 0.1) is 0 Å². The minimum absolute atomic E-state index is 0.500. The van der Waals surface area contributed by atoms with E-state index >= 15 is 0 Å². The summed E-state index contributed by atoms with van der Waals surface area (Å²) < 4.78 is 0. The van der Waals surface area contributed by atoms with Gasteiger partial charge in [-0.3, -0.25) is 0 Å². The van der Waals surface area contributed by atoms with Crippen molar-refractivity contribution in [2.75, 3.05) is 12.3 Å². The first-order valence-electron chi connectivity index (χ1n) is 6.46. The standard InChI is InChI=1S/C13H27NS/c1-5-7-10-15-11-8-9-13(3,4)12(11)14-6-2/h11-12,14H,5-10H2,1-4H3. The molecule has 1 rings (SSSR count). The van der Waals surface area contributed by atoms with Gasteiger partial charge in [-0.1, -0.05) is 34.1 Å². The molecule has 1 aliphatic rings. The summed E-state index contributed by atoms with van der Waals surface area (Å²) in [5.41, 5.74) is 0.500. The van der Waals surface area contributed by atoms with E-state index < -0.39 is 0 Å². The highest BCUT2D eigenvalue weighted by Gasteiger charge is 2.41. The van der Waals surface area contributed by atoms with Crippen LogP contribution in [0.3, 0.4) is 0 Å².